The molecule has 0 unspecified atom stereocenters. The zero-order valence-corrected chi connectivity index (χ0v) is 18.3. The molecule has 0 saturated heterocycles. The minimum absolute atomic E-state index is 0.127. The van der Waals surface area contributed by atoms with Crippen molar-refractivity contribution in [1.29, 1.82) is 0 Å². The molecule has 5 rings (SSSR count). The van der Waals surface area contributed by atoms with E-state index in [4.69, 9.17) is 0 Å². The second kappa shape index (κ2) is 8.85. The van der Waals surface area contributed by atoms with Crippen LogP contribution in [0, 0.1) is 0 Å². The average Bonchev–Trinajstić information content (AvgIpc) is 3.43. The van der Waals surface area contributed by atoms with Crippen LogP contribution in [0.1, 0.15) is 54.7 Å². The van der Waals surface area contributed by atoms with E-state index in [0.717, 1.165) is 35.0 Å². The predicted molar refractivity (Wildman–Crippen MR) is 125 cm³/mol. The summed E-state index contributed by atoms with van der Waals surface area (Å²) in [5.74, 6) is -0.389. The fourth-order valence-electron chi connectivity index (χ4n) is 3.90. The van der Waals surface area contributed by atoms with Gasteiger partial charge in [-0.15, -0.1) is 5.10 Å². The van der Waals surface area contributed by atoms with E-state index in [1.165, 1.54) is 6.42 Å². The van der Waals surface area contributed by atoms with E-state index < -0.39 is 0 Å². The Balaban J connectivity index is 1.41. The molecule has 0 radical (unpaired) electrons. The molecule has 2 aromatic heterocycles. The topological polar surface area (TPSA) is 118 Å². The first kappa shape index (κ1) is 20.9. The monoisotopic (exact) mass is 443 g/mol. The number of amides is 2. The predicted octanol–water partition coefficient (Wildman–Crippen LogP) is 3.82. The molecule has 2 heterocycles. The average molecular weight is 444 g/mol. The maximum atomic E-state index is 13.0. The van der Waals surface area contributed by atoms with Gasteiger partial charge in [0.15, 0.2) is 0 Å². The van der Waals surface area contributed by atoms with Crippen molar-refractivity contribution in [2.75, 3.05) is 5.32 Å². The SMILES string of the molecule is CCC(=O)Nc1cc(C(=O)NCc2cn(C3CCC3)nn2)cc(-c2n[nH]c3ccccc23)c1. The van der Waals surface area contributed by atoms with Crippen molar-refractivity contribution in [3.63, 3.8) is 0 Å². The van der Waals surface area contributed by atoms with Crippen LogP contribution in [0.4, 0.5) is 5.69 Å². The number of H-pyrrole nitrogens is 1. The van der Waals surface area contributed by atoms with Crippen LogP contribution in [0.15, 0.2) is 48.7 Å². The number of benzene rings is 2. The van der Waals surface area contributed by atoms with E-state index in [1.54, 1.807) is 19.1 Å². The molecule has 2 aromatic carbocycles. The summed E-state index contributed by atoms with van der Waals surface area (Å²) in [5.41, 5.74) is 4.04. The molecule has 1 aliphatic carbocycles. The van der Waals surface area contributed by atoms with Gasteiger partial charge in [0, 0.05) is 28.6 Å². The number of aromatic amines is 1. The number of nitrogens with zero attached hydrogens (tertiary/aromatic N) is 4. The van der Waals surface area contributed by atoms with Crippen molar-refractivity contribution in [2.45, 2.75) is 45.2 Å². The van der Waals surface area contributed by atoms with Gasteiger partial charge in [0.05, 0.1) is 30.0 Å². The van der Waals surface area contributed by atoms with Crippen LogP contribution < -0.4 is 10.6 Å². The van der Waals surface area contributed by atoms with Crippen molar-refractivity contribution in [1.82, 2.24) is 30.5 Å². The Morgan fingerprint density at radius 2 is 2.03 bits per heavy atom. The third-order valence-electron chi connectivity index (χ3n) is 5.98. The lowest BCUT2D eigenvalue weighted by atomic mass is 9.93. The molecule has 1 saturated carbocycles. The second-order valence-electron chi connectivity index (χ2n) is 8.28. The first-order chi connectivity index (χ1) is 16.1. The standard InChI is InChI=1S/C24H25N7O2/c1-2-22(32)26-17-11-15(23-20-8-3-4-9-21(20)28-29-23)10-16(12-17)24(33)25-13-18-14-31(30-27-18)19-6-5-7-19/h3-4,8-12,14,19H,2,5-7,13H2,1H3,(H,25,33)(H,26,32)(H,28,29). The van der Waals surface area contributed by atoms with E-state index in [0.29, 0.717) is 29.4 Å². The lowest BCUT2D eigenvalue weighted by Gasteiger charge is -2.24. The normalized spacial score (nSPS) is 13.6. The van der Waals surface area contributed by atoms with Crippen LogP contribution in [-0.4, -0.2) is 37.0 Å². The first-order valence-electron chi connectivity index (χ1n) is 11.2. The third kappa shape index (κ3) is 4.34. The van der Waals surface area contributed by atoms with Crippen molar-refractivity contribution >= 4 is 28.4 Å². The number of para-hydroxylation sites is 1. The second-order valence-corrected chi connectivity index (χ2v) is 8.28. The Morgan fingerprint density at radius 3 is 2.82 bits per heavy atom. The number of carbonyl (C=O) groups is 2. The Morgan fingerprint density at radius 1 is 1.18 bits per heavy atom. The highest BCUT2D eigenvalue weighted by Gasteiger charge is 2.21. The zero-order valence-electron chi connectivity index (χ0n) is 18.3. The maximum Gasteiger partial charge on any atom is 0.251 e. The molecule has 1 aliphatic rings. The Bertz CT molecular complexity index is 1320. The lowest BCUT2D eigenvalue weighted by Crippen LogP contribution is -2.23. The Hall–Kier alpha value is -4.01. The summed E-state index contributed by atoms with van der Waals surface area (Å²) in [6.45, 7) is 2.06. The van der Waals surface area contributed by atoms with Gasteiger partial charge in [-0.3, -0.25) is 14.7 Å². The number of carbonyl (C=O) groups excluding carboxylic acids is 2. The summed E-state index contributed by atoms with van der Waals surface area (Å²) in [5, 5.41) is 22.5. The van der Waals surface area contributed by atoms with E-state index in [2.05, 4.69) is 31.1 Å². The van der Waals surface area contributed by atoms with Crippen molar-refractivity contribution in [3.05, 3.63) is 59.9 Å². The fraction of sp³-hybridized carbons (Fsp3) is 0.292. The molecule has 9 heteroatoms. The number of hydrogen-bond donors (Lipinski definition) is 3. The van der Waals surface area contributed by atoms with Crippen molar-refractivity contribution < 1.29 is 9.59 Å². The van der Waals surface area contributed by atoms with Crippen LogP contribution in [0.2, 0.25) is 0 Å². The summed E-state index contributed by atoms with van der Waals surface area (Å²) in [6.07, 6.45) is 5.69. The molecule has 0 atom stereocenters. The van der Waals surface area contributed by atoms with Gasteiger partial charge in [0.2, 0.25) is 5.91 Å². The van der Waals surface area contributed by atoms with Crippen LogP contribution in [-0.2, 0) is 11.3 Å². The number of aromatic nitrogens is 5. The van der Waals surface area contributed by atoms with Gasteiger partial charge in [-0.1, -0.05) is 30.3 Å². The van der Waals surface area contributed by atoms with Crippen LogP contribution in [0.5, 0.6) is 0 Å². The van der Waals surface area contributed by atoms with Gasteiger partial charge in [-0.25, -0.2) is 4.68 Å². The largest absolute Gasteiger partial charge is 0.346 e. The molecular weight excluding hydrogens is 418 g/mol. The number of rotatable bonds is 7. The van der Waals surface area contributed by atoms with Gasteiger partial charge in [0.1, 0.15) is 5.69 Å². The fourth-order valence-corrected chi connectivity index (χ4v) is 3.90. The molecule has 0 bridgehead atoms. The van der Waals surface area contributed by atoms with Crippen molar-refractivity contribution in [2.24, 2.45) is 0 Å². The minimum atomic E-state index is -0.262. The molecule has 1 fully saturated rings. The molecule has 0 aliphatic heterocycles. The van der Waals surface area contributed by atoms with Crippen LogP contribution >= 0.6 is 0 Å². The summed E-state index contributed by atoms with van der Waals surface area (Å²) in [6, 6.07) is 13.5. The van der Waals surface area contributed by atoms with Gasteiger partial charge in [-0.2, -0.15) is 5.10 Å². The summed E-state index contributed by atoms with van der Waals surface area (Å²) in [4.78, 5) is 25.0. The molecular formula is C24H25N7O2. The molecule has 0 spiro atoms. The number of anilines is 1. The van der Waals surface area contributed by atoms with E-state index in [9.17, 15) is 9.59 Å². The van der Waals surface area contributed by atoms with Crippen molar-refractivity contribution in [3.8, 4) is 11.3 Å². The van der Waals surface area contributed by atoms with Crippen LogP contribution in [0.3, 0.4) is 0 Å². The molecule has 9 nitrogen and oxygen atoms in total. The Labute approximate surface area is 190 Å². The van der Waals surface area contributed by atoms with Gasteiger partial charge in [-0.05, 0) is 43.5 Å². The van der Waals surface area contributed by atoms with E-state index >= 15 is 0 Å². The molecule has 4 aromatic rings. The quantitative estimate of drug-likeness (QED) is 0.401. The lowest BCUT2D eigenvalue weighted by molar-refractivity contribution is -0.115. The number of hydrogen-bond acceptors (Lipinski definition) is 5. The number of nitrogens with one attached hydrogen (secondary N) is 3. The Kier molecular flexibility index (Phi) is 5.60. The molecule has 3 N–H and O–H groups in total. The van der Waals surface area contributed by atoms with Crippen LogP contribution in [0.25, 0.3) is 22.2 Å². The molecule has 2 amide bonds. The van der Waals surface area contributed by atoms with Gasteiger partial charge >= 0.3 is 0 Å². The molecule has 168 valence electrons. The number of fused-ring (bicyclic) bond motifs is 1. The minimum Gasteiger partial charge on any atom is -0.346 e. The first-order valence-corrected chi connectivity index (χ1v) is 11.2. The highest BCUT2D eigenvalue weighted by molar-refractivity contribution is 6.01. The maximum absolute atomic E-state index is 13.0. The summed E-state index contributed by atoms with van der Waals surface area (Å²) in [7, 11) is 0. The third-order valence-corrected chi connectivity index (χ3v) is 5.98. The smallest absolute Gasteiger partial charge is 0.251 e. The zero-order chi connectivity index (χ0) is 22.8. The van der Waals surface area contributed by atoms with Gasteiger partial charge in [0.25, 0.3) is 5.91 Å². The highest BCUT2D eigenvalue weighted by Crippen LogP contribution is 2.31. The van der Waals surface area contributed by atoms with E-state index in [-0.39, 0.29) is 18.4 Å². The highest BCUT2D eigenvalue weighted by atomic mass is 16.2. The van der Waals surface area contributed by atoms with E-state index in [1.807, 2.05) is 41.2 Å². The summed E-state index contributed by atoms with van der Waals surface area (Å²) >= 11 is 0. The van der Waals surface area contributed by atoms with Gasteiger partial charge < -0.3 is 10.6 Å². The summed E-state index contributed by atoms with van der Waals surface area (Å²) < 4.78 is 1.88. The molecule has 33 heavy (non-hydrogen) atoms.